The van der Waals surface area contributed by atoms with E-state index in [2.05, 4.69) is 5.16 Å². The van der Waals surface area contributed by atoms with Gasteiger partial charge >= 0.3 is 12.2 Å². The van der Waals surface area contributed by atoms with Crippen molar-refractivity contribution < 1.29 is 57.0 Å². The standard InChI is InChI=1S/C50H61N3O12Si/c1-47(2,3)62-45(58)53(12)37-30-21-20-28(25-54)22-31(30)40(61-46(59)63-48(4,5)6)35-32(37)23-29-24-33-38(52(10)11)41-36(44(51-64-41)60-26-27-18-16-15-17-19-27)43(57)50(33,42(56)34(29)39(35)55)65-66(13,14)49(7,8)9/h15-22,25,29,33,38,55H,23-24,26H2,1-14H3/t29-,33-,38-,50-/m0/s1. The third-order valence-electron chi connectivity index (χ3n) is 13.0. The second-order valence-corrected chi connectivity index (χ2v) is 26.0. The van der Waals surface area contributed by atoms with Crippen LogP contribution in [0.5, 0.6) is 11.6 Å². The van der Waals surface area contributed by atoms with Crippen LogP contribution in [-0.2, 0) is 31.7 Å². The van der Waals surface area contributed by atoms with Crippen molar-refractivity contribution in [1.29, 1.82) is 0 Å². The van der Waals surface area contributed by atoms with Gasteiger partial charge in [-0.2, -0.15) is 0 Å². The number of carbonyl (C=O) groups is 5. The molecule has 66 heavy (non-hydrogen) atoms. The third-order valence-corrected chi connectivity index (χ3v) is 17.4. The zero-order valence-electron chi connectivity index (χ0n) is 40.3. The Labute approximate surface area is 386 Å². The molecule has 3 aromatic carbocycles. The molecule has 0 bridgehead atoms. The van der Waals surface area contributed by atoms with Gasteiger partial charge in [0.05, 0.1) is 17.3 Å². The van der Waals surface area contributed by atoms with Crippen molar-refractivity contribution in [2.24, 2.45) is 11.8 Å². The van der Waals surface area contributed by atoms with E-state index in [0.29, 0.717) is 17.2 Å². The summed E-state index contributed by atoms with van der Waals surface area (Å²) in [6.45, 7) is 20.2. The maximum Gasteiger partial charge on any atom is 0.514 e. The Bertz CT molecular complexity index is 2670. The second-order valence-electron chi connectivity index (χ2n) is 21.2. The molecule has 0 saturated heterocycles. The minimum atomic E-state index is -3.09. The molecule has 0 unspecified atom stereocenters. The first-order chi connectivity index (χ1) is 30.6. The number of hydrogen-bond acceptors (Lipinski definition) is 14. The molecule has 3 aliphatic carbocycles. The summed E-state index contributed by atoms with van der Waals surface area (Å²) in [5, 5.41) is 17.3. The van der Waals surface area contributed by atoms with Crippen LogP contribution in [-0.4, -0.2) is 91.5 Å². The van der Waals surface area contributed by atoms with E-state index in [1.807, 2.05) is 83.2 Å². The summed E-state index contributed by atoms with van der Waals surface area (Å²) in [5.41, 5.74) is -2.69. The van der Waals surface area contributed by atoms with E-state index < -0.39 is 77.6 Å². The molecule has 352 valence electrons. The number of ether oxygens (including phenoxy) is 4. The van der Waals surface area contributed by atoms with Gasteiger partial charge in [0.15, 0.2) is 25.4 Å². The van der Waals surface area contributed by atoms with Gasteiger partial charge in [0.2, 0.25) is 11.6 Å². The third kappa shape index (κ3) is 8.43. The number of aromatic nitrogens is 1. The van der Waals surface area contributed by atoms with Gasteiger partial charge in [0.25, 0.3) is 5.88 Å². The van der Waals surface area contributed by atoms with E-state index in [-0.39, 0.29) is 70.2 Å². The summed E-state index contributed by atoms with van der Waals surface area (Å²) in [5.74, 6) is -3.77. The van der Waals surface area contributed by atoms with Crippen LogP contribution in [0.2, 0.25) is 18.1 Å². The summed E-state index contributed by atoms with van der Waals surface area (Å²) in [7, 11) is 2.09. The molecular weight excluding hydrogens is 863 g/mol. The lowest BCUT2D eigenvalue weighted by molar-refractivity contribution is -0.140. The number of rotatable bonds is 9. The van der Waals surface area contributed by atoms with Crippen LogP contribution >= 0.6 is 0 Å². The molecule has 1 N–H and O–H groups in total. The van der Waals surface area contributed by atoms with Crippen molar-refractivity contribution in [3.8, 4) is 11.6 Å². The average molecular weight is 924 g/mol. The van der Waals surface area contributed by atoms with Crippen LogP contribution in [0.15, 0.2) is 58.6 Å². The van der Waals surface area contributed by atoms with Gasteiger partial charge in [-0.1, -0.05) is 63.2 Å². The predicted molar refractivity (Wildman–Crippen MR) is 250 cm³/mol. The Morgan fingerprint density at radius 3 is 2.15 bits per heavy atom. The highest BCUT2D eigenvalue weighted by Gasteiger charge is 2.69. The number of aliphatic hydroxyl groups excluding tert-OH is 1. The fourth-order valence-electron chi connectivity index (χ4n) is 9.14. The maximum absolute atomic E-state index is 16.2. The molecule has 16 heteroatoms. The second kappa shape index (κ2) is 16.8. The molecule has 0 spiro atoms. The smallest absolute Gasteiger partial charge is 0.507 e. The van der Waals surface area contributed by atoms with Crippen LogP contribution in [0.25, 0.3) is 16.5 Å². The summed E-state index contributed by atoms with van der Waals surface area (Å²) < 4.78 is 37.0. The van der Waals surface area contributed by atoms with E-state index in [1.165, 1.54) is 18.0 Å². The Hall–Kier alpha value is -5.84. The molecule has 1 fully saturated rings. The van der Waals surface area contributed by atoms with Crippen molar-refractivity contribution in [2.45, 2.75) is 123 Å². The van der Waals surface area contributed by atoms with Gasteiger partial charge in [-0.15, -0.1) is 0 Å². The van der Waals surface area contributed by atoms with E-state index in [1.54, 1.807) is 53.7 Å². The minimum absolute atomic E-state index is 0.0225. The van der Waals surface area contributed by atoms with Crippen molar-refractivity contribution in [2.75, 3.05) is 26.0 Å². The molecule has 0 aliphatic heterocycles. The average Bonchev–Trinajstić information content (AvgIpc) is 3.62. The number of anilines is 1. The van der Waals surface area contributed by atoms with Crippen molar-refractivity contribution in [1.82, 2.24) is 10.1 Å². The van der Waals surface area contributed by atoms with E-state index in [0.717, 1.165) is 5.56 Å². The zero-order chi connectivity index (χ0) is 48.6. The largest absolute Gasteiger partial charge is 0.514 e. The van der Waals surface area contributed by atoms with E-state index in [9.17, 15) is 19.5 Å². The lowest BCUT2D eigenvalue weighted by Gasteiger charge is -2.55. The van der Waals surface area contributed by atoms with Gasteiger partial charge in [0.1, 0.15) is 35.4 Å². The fraction of sp³-hybridized carbons (Fsp3) is 0.480. The molecule has 1 aromatic heterocycles. The molecule has 7 rings (SSSR count). The number of hydrogen-bond donors (Lipinski definition) is 1. The summed E-state index contributed by atoms with van der Waals surface area (Å²) >= 11 is 0. The van der Waals surface area contributed by atoms with E-state index in [4.69, 9.17) is 27.9 Å². The van der Waals surface area contributed by atoms with Crippen LogP contribution < -0.4 is 14.4 Å². The first-order valence-corrected chi connectivity index (χ1v) is 25.0. The molecule has 3 aliphatic rings. The zero-order valence-corrected chi connectivity index (χ0v) is 41.3. The summed E-state index contributed by atoms with van der Waals surface area (Å²) in [4.78, 5) is 75.2. The van der Waals surface area contributed by atoms with Crippen LogP contribution in [0, 0.1) is 11.8 Å². The molecular formula is C50H61N3O12Si. The quantitative estimate of drug-likeness (QED) is 0.0550. The Morgan fingerprint density at radius 2 is 1.56 bits per heavy atom. The number of fused-ring (bicyclic) bond motifs is 5. The molecule has 1 heterocycles. The Kier molecular flexibility index (Phi) is 12.2. The van der Waals surface area contributed by atoms with Crippen molar-refractivity contribution in [3.63, 3.8) is 0 Å². The normalized spacial score (nSPS) is 20.9. The van der Waals surface area contributed by atoms with Gasteiger partial charge in [-0.3, -0.25) is 24.2 Å². The first-order valence-electron chi connectivity index (χ1n) is 22.1. The lowest BCUT2D eigenvalue weighted by Crippen LogP contribution is -2.68. The number of benzene rings is 3. The van der Waals surface area contributed by atoms with Crippen LogP contribution in [0.3, 0.4) is 0 Å². The van der Waals surface area contributed by atoms with E-state index >= 15 is 9.59 Å². The van der Waals surface area contributed by atoms with Gasteiger partial charge in [0, 0.05) is 34.9 Å². The highest BCUT2D eigenvalue weighted by atomic mass is 28.4. The number of aldehydes is 1. The van der Waals surface area contributed by atoms with Gasteiger partial charge in [-0.05, 0) is 115 Å². The van der Waals surface area contributed by atoms with Crippen molar-refractivity contribution >= 4 is 60.6 Å². The van der Waals surface area contributed by atoms with Gasteiger partial charge in [-0.25, -0.2) is 9.59 Å². The Morgan fingerprint density at radius 1 is 0.909 bits per heavy atom. The molecule has 1 amide bonds. The van der Waals surface area contributed by atoms with Crippen LogP contribution in [0.1, 0.15) is 118 Å². The van der Waals surface area contributed by atoms with Gasteiger partial charge < -0.3 is 33.0 Å². The molecule has 15 nitrogen and oxygen atoms in total. The molecule has 1 saturated carbocycles. The molecule has 4 aromatic rings. The SMILES string of the molecule is CN(C(=O)OC(C)(C)C)c1c2c(c(OC(=O)OC(C)(C)C)c3cc(C=O)ccc13)C(O)=C1C(=O)[C@]3(O[Si](C)(C)C(C)(C)C)C(=O)c4c(OCc5ccccc5)noc4[C@@H](N(C)C)[C@@H]3C[C@@H]1C2. The number of nitrogens with zero attached hydrogens (tertiary/aromatic N) is 3. The maximum atomic E-state index is 16.2. The monoisotopic (exact) mass is 923 g/mol. The number of amides is 1. The lowest BCUT2D eigenvalue weighted by atomic mass is 9.57. The first kappa shape index (κ1) is 48.1. The summed E-state index contributed by atoms with van der Waals surface area (Å²) in [6.07, 6.45) is -1.09. The highest BCUT2D eigenvalue weighted by molar-refractivity contribution is 6.74. The number of aliphatic hydroxyl groups is 1. The minimum Gasteiger partial charge on any atom is -0.507 e. The predicted octanol–water partition coefficient (Wildman–Crippen LogP) is 10.2. The number of Topliss-reactive ketones (excluding diaryl/α,β-unsaturated/α-hetero) is 2. The molecule has 4 atom stereocenters. The van der Waals surface area contributed by atoms with Crippen molar-refractivity contribution in [3.05, 3.63) is 87.7 Å². The number of ketones is 2. The number of carbonyl (C=O) groups excluding carboxylic acids is 5. The fourth-order valence-corrected chi connectivity index (χ4v) is 10.6. The topological polar surface area (TPSA) is 184 Å². The highest BCUT2D eigenvalue weighted by Crippen LogP contribution is 2.60. The van der Waals surface area contributed by atoms with Crippen LogP contribution in [0.4, 0.5) is 15.3 Å². The summed E-state index contributed by atoms with van der Waals surface area (Å²) in [6, 6.07) is 13.3. The molecule has 0 radical (unpaired) electrons. The Balaban J connectivity index is 1.53.